The van der Waals surface area contributed by atoms with E-state index in [0.717, 1.165) is 11.3 Å². The number of rotatable bonds is 6. The molecule has 0 saturated heterocycles. The summed E-state index contributed by atoms with van der Waals surface area (Å²) in [6.07, 6.45) is 5.44. The molecule has 4 rings (SSSR count). The number of benzene rings is 2. The van der Waals surface area contributed by atoms with E-state index >= 15 is 0 Å². The van der Waals surface area contributed by atoms with E-state index < -0.39 is 0 Å². The molecular formula is C21H17ClN4O3. The Morgan fingerprint density at radius 3 is 2.79 bits per heavy atom. The van der Waals surface area contributed by atoms with Gasteiger partial charge < -0.3 is 14.8 Å². The average molecular weight is 409 g/mol. The number of methoxy groups -OCH3 is 1. The number of hydrogen-bond donors (Lipinski definition) is 1. The molecule has 1 N–H and O–H groups in total. The van der Waals surface area contributed by atoms with E-state index in [1.54, 1.807) is 49.7 Å². The summed E-state index contributed by atoms with van der Waals surface area (Å²) in [7, 11) is 1.55. The molecule has 0 saturated carbocycles. The molecule has 7 nitrogen and oxygen atoms in total. The molecule has 0 fully saturated rings. The van der Waals surface area contributed by atoms with Gasteiger partial charge in [-0.15, -0.1) is 0 Å². The number of imidazole rings is 1. The van der Waals surface area contributed by atoms with Crippen molar-refractivity contribution in [2.75, 3.05) is 19.0 Å². The van der Waals surface area contributed by atoms with Crippen LogP contribution in [-0.2, 0) is 4.79 Å². The molecule has 0 aliphatic rings. The molecule has 0 spiro atoms. The molecule has 0 radical (unpaired) electrons. The molecule has 0 aliphatic heterocycles. The van der Waals surface area contributed by atoms with Gasteiger partial charge in [0.2, 0.25) is 5.78 Å². The Morgan fingerprint density at radius 2 is 2.03 bits per heavy atom. The molecule has 8 heteroatoms. The van der Waals surface area contributed by atoms with Gasteiger partial charge in [0.25, 0.3) is 5.91 Å². The number of carbonyl (C=O) groups is 1. The zero-order valence-electron chi connectivity index (χ0n) is 15.5. The molecule has 0 aliphatic carbocycles. The molecule has 2 aromatic carbocycles. The van der Waals surface area contributed by atoms with Crippen molar-refractivity contribution in [3.63, 3.8) is 0 Å². The minimum atomic E-state index is -0.313. The number of nitrogens with one attached hydrogen (secondary N) is 1. The predicted molar refractivity (Wildman–Crippen MR) is 111 cm³/mol. The Balaban J connectivity index is 1.51. The van der Waals surface area contributed by atoms with Crippen LogP contribution in [0.5, 0.6) is 11.5 Å². The van der Waals surface area contributed by atoms with Crippen LogP contribution in [0.4, 0.5) is 5.69 Å². The lowest BCUT2D eigenvalue weighted by Gasteiger charge is -2.12. The minimum Gasteiger partial charge on any atom is -0.495 e. The normalized spacial score (nSPS) is 10.7. The maximum absolute atomic E-state index is 12.4. The van der Waals surface area contributed by atoms with Crippen molar-refractivity contribution in [1.82, 2.24) is 14.4 Å². The average Bonchev–Trinajstić information content (AvgIpc) is 3.17. The van der Waals surface area contributed by atoms with Crippen LogP contribution in [0.2, 0.25) is 5.02 Å². The molecule has 1 amide bonds. The lowest BCUT2D eigenvalue weighted by atomic mass is 10.1. The summed E-state index contributed by atoms with van der Waals surface area (Å²) >= 11 is 5.85. The zero-order chi connectivity index (χ0) is 20.2. The van der Waals surface area contributed by atoms with Gasteiger partial charge in [-0.1, -0.05) is 11.6 Å². The van der Waals surface area contributed by atoms with Gasteiger partial charge in [-0.05, 0) is 48.5 Å². The van der Waals surface area contributed by atoms with Crippen molar-refractivity contribution in [3.8, 4) is 22.8 Å². The second-order valence-electron chi connectivity index (χ2n) is 6.16. The Labute approximate surface area is 171 Å². The first kappa shape index (κ1) is 18.8. The SMILES string of the molecule is COc1ccc(-c2cn3cccnc3n2)cc1NC(=O)COc1ccc(Cl)cc1. The second kappa shape index (κ2) is 8.20. The highest BCUT2D eigenvalue weighted by Gasteiger charge is 2.12. The quantitative estimate of drug-likeness (QED) is 0.520. The summed E-state index contributed by atoms with van der Waals surface area (Å²) in [6.45, 7) is -0.146. The van der Waals surface area contributed by atoms with Gasteiger partial charge in [0.05, 0.1) is 18.5 Å². The van der Waals surface area contributed by atoms with Crippen molar-refractivity contribution in [2.45, 2.75) is 0 Å². The Hall–Kier alpha value is -3.58. The topological polar surface area (TPSA) is 77.8 Å². The Morgan fingerprint density at radius 1 is 1.21 bits per heavy atom. The summed E-state index contributed by atoms with van der Waals surface area (Å²) in [5.74, 6) is 1.38. The summed E-state index contributed by atoms with van der Waals surface area (Å²) < 4.78 is 12.7. The van der Waals surface area contributed by atoms with E-state index in [2.05, 4.69) is 15.3 Å². The van der Waals surface area contributed by atoms with Gasteiger partial charge in [-0.3, -0.25) is 9.20 Å². The van der Waals surface area contributed by atoms with Gasteiger partial charge >= 0.3 is 0 Å². The molecule has 2 aromatic heterocycles. The fourth-order valence-electron chi connectivity index (χ4n) is 2.80. The van der Waals surface area contributed by atoms with E-state index in [1.807, 2.05) is 28.9 Å². The monoisotopic (exact) mass is 408 g/mol. The number of nitrogens with zero attached hydrogens (tertiary/aromatic N) is 3. The number of amides is 1. The third kappa shape index (κ3) is 4.30. The van der Waals surface area contributed by atoms with E-state index in [9.17, 15) is 4.79 Å². The summed E-state index contributed by atoms with van der Waals surface area (Å²) in [5, 5.41) is 3.42. The maximum atomic E-state index is 12.4. The van der Waals surface area contributed by atoms with Crippen molar-refractivity contribution in [3.05, 3.63) is 72.1 Å². The van der Waals surface area contributed by atoms with Gasteiger partial charge in [-0.2, -0.15) is 0 Å². The van der Waals surface area contributed by atoms with Crippen LogP contribution in [0.3, 0.4) is 0 Å². The van der Waals surface area contributed by atoms with Crippen LogP contribution in [0, 0.1) is 0 Å². The number of ether oxygens (including phenoxy) is 2. The summed E-state index contributed by atoms with van der Waals surface area (Å²) in [5.41, 5.74) is 2.09. The molecule has 4 aromatic rings. The van der Waals surface area contributed by atoms with Crippen molar-refractivity contribution < 1.29 is 14.3 Å². The van der Waals surface area contributed by atoms with Crippen LogP contribution in [0.15, 0.2) is 67.1 Å². The van der Waals surface area contributed by atoms with Crippen LogP contribution < -0.4 is 14.8 Å². The number of carbonyl (C=O) groups excluding carboxylic acids is 1. The number of halogens is 1. The molecule has 0 bridgehead atoms. The summed E-state index contributed by atoms with van der Waals surface area (Å²) in [6, 6.07) is 14.1. The lowest BCUT2D eigenvalue weighted by molar-refractivity contribution is -0.118. The van der Waals surface area contributed by atoms with Crippen LogP contribution >= 0.6 is 11.6 Å². The molecule has 146 valence electrons. The van der Waals surface area contributed by atoms with Crippen LogP contribution in [0.25, 0.3) is 17.0 Å². The van der Waals surface area contributed by atoms with Gasteiger partial charge in [0.1, 0.15) is 11.5 Å². The highest BCUT2D eigenvalue weighted by Crippen LogP contribution is 2.30. The van der Waals surface area contributed by atoms with Crippen molar-refractivity contribution in [1.29, 1.82) is 0 Å². The van der Waals surface area contributed by atoms with E-state index in [4.69, 9.17) is 21.1 Å². The third-order valence-electron chi connectivity index (χ3n) is 4.19. The molecular weight excluding hydrogens is 392 g/mol. The first-order chi connectivity index (χ1) is 14.1. The Bertz CT molecular complexity index is 1130. The van der Waals surface area contributed by atoms with Gasteiger partial charge in [0, 0.05) is 29.2 Å². The highest BCUT2D eigenvalue weighted by molar-refractivity contribution is 6.30. The number of hydrogen-bond acceptors (Lipinski definition) is 5. The fourth-order valence-corrected chi connectivity index (χ4v) is 2.93. The largest absolute Gasteiger partial charge is 0.495 e. The highest BCUT2D eigenvalue weighted by atomic mass is 35.5. The minimum absolute atomic E-state index is 0.146. The first-order valence-electron chi connectivity index (χ1n) is 8.79. The van der Waals surface area contributed by atoms with Crippen LogP contribution in [0.1, 0.15) is 0 Å². The molecule has 29 heavy (non-hydrogen) atoms. The van der Waals surface area contributed by atoms with Gasteiger partial charge in [-0.25, -0.2) is 9.97 Å². The van der Waals surface area contributed by atoms with E-state index in [0.29, 0.717) is 28.0 Å². The van der Waals surface area contributed by atoms with E-state index in [1.165, 1.54) is 0 Å². The summed E-state index contributed by atoms with van der Waals surface area (Å²) in [4.78, 5) is 21.1. The van der Waals surface area contributed by atoms with Crippen molar-refractivity contribution >= 4 is 29.0 Å². The number of anilines is 1. The van der Waals surface area contributed by atoms with Crippen molar-refractivity contribution in [2.24, 2.45) is 0 Å². The Kier molecular flexibility index (Phi) is 5.31. The smallest absolute Gasteiger partial charge is 0.262 e. The van der Waals surface area contributed by atoms with Crippen LogP contribution in [-0.4, -0.2) is 34.0 Å². The van der Waals surface area contributed by atoms with Gasteiger partial charge in [0.15, 0.2) is 6.61 Å². The third-order valence-corrected chi connectivity index (χ3v) is 4.44. The molecule has 2 heterocycles. The standard InChI is InChI=1S/C21H17ClN4O3/c1-28-19-8-3-14(18-12-26-10-2-9-23-21(26)25-18)11-17(19)24-20(27)13-29-16-6-4-15(22)5-7-16/h2-12H,13H2,1H3,(H,24,27). The lowest BCUT2D eigenvalue weighted by Crippen LogP contribution is -2.20. The number of aromatic nitrogens is 3. The maximum Gasteiger partial charge on any atom is 0.262 e. The van der Waals surface area contributed by atoms with E-state index in [-0.39, 0.29) is 12.5 Å². The second-order valence-corrected chi connectivity index (χ2v) is 6.60. The zero-order valence-corrected chi connectivity index (χ0v) is 16.3. The fraction of sp³-hybridized carbons (Fsp3) is 0.0952. The predicted octanol–water partition coefficient (Wildman–Crippen LogP) is 4.08. The number of fused-ring (bicyclic) bond motifs is 1. The first-order valence-corrected chi connectivity index (χ1v) is 9.16. The molecule has 0 unspecified atom stereocenters. The molecule has 0 atom stereocenters.